The van der Waals surface area contributed by atoms with Crippen LogP contribution < -0.4 is 5.32 Å². The maximum Gasteiger partial charge on any atom is 0.269 e. The molecule has 0 unspecified atom stereocenters. The molecule has 1 aliphatic rings. The summed E-state index contributed by atoms with van der Waals surface area (Å²) in [6.07, 6.45) is 5.48. The van der Waals surface area contributed by atoms with E-state index in [2.05, 4.69) is 69.1 Å². The zero-order chi connectivity index (χ0) is 21.5. The Balaban J connectivity index is 1.19. The molecule has 1 amide bonds. The van der Waals surface area contributed by atoms with E-state index in [9.17, 15) is 4.79 Å². The van der Waals surface area contributed by atoms with Crippen molar-refractivity contribution in [1.29, 1.82) is 0 Å². The van der Waals surface area contributed by atoms with Crippen LogP contribution in [0.15, 0.2) is 65.6 Å². The molecule has 0 radical (unpaired) electrons. The third kappa shape index (κ3) is 5.99. The van der Waals surface area contributed by atoms with E-state index in [4.69, 9.17) is 0 Å². The number of carbonyl (C=O) groups excluding carboxylic acids is 1. The van der Waals surface area contributed by atoms with Crippen LogP contribution in [0.2, 0.25) is 0 Å². The smallest absolute Gasteiger partial charge is 0.269 e. The summed E-state index contributed by atoms with van der Waals surface area (Å²) in [5.74, 6) is 0.598. The molecule has 2 N–H and O–H groups in total. The first-order valence-electron chi connectivity index (χ1n) is 11.0. The van der Waals surface area contributed by atoms with Gasteiger partial charge in [0.25, 0.3) is 5.91 Å². The molecule has 0 atom stereocenters. The van der Waals surface area contributed by atoms with Gasteiger partial charge in [0.15, 0.2) is 0 Å². The maximum atomic E-state index is 12.5. The number of piperidine rings is 1. The van der Waals surface area contributed by atoms with Crippen LogP contribution in [0.1, 0.15) is 35.3 Å². The summed E-state index contributed by atoms with van der Waals surface area (Å²) in [5.41, 5.74) is 3.70. The van der Waals surface area contributed by atoms with E-state index in [-0.39, 0.29) is 5.91 Å². The van der Waals surface area contributed by atoms with E-state index in [1.165, 1.54) is 23.3 Å². The van der Waals surface area contributed by atoms with Crippen molar-refractivity contribution in [2.75, 3.05) is 25.9 Å². The number of hydrogen-bond donors (Lipinski definition) is 2. The van der Waals surface area contributed by atoms with Crippen LogP contribution in [0.3, 0.4) is 0 Å². The summed E-state index contributed by atoms with van der Waals surface area (Å²) in [5, 5.41) is 10.2. The lowest BCUT2D eigenvalue weighted by atomic mass is 9.93. The number of rotatable bonds is 8. The van der Waals surface area contributed by atoms with Crippen LogP contribution in [-0.2, 0) is 6.54 Å². The SMILES string of the molecule is CSc1ccc(-c2cc(C(=O)NCCC3CCN(Cc4ccccc4)CC3)[nH]n2)cc1. The predicted octanol–water partition coefficient (Wildman–Crippen LogP) is 4.83. The molecule has 1 aliphatic heterocycles. The third-order valence-corrected chi connectivity index (χ3v) is 6.75. The summed E-state index contributed by atoms with van der Waals surface area (Å²) in [7, 11) is 0. The highest BCUT2D eigenvalue weighted by atomic mass is 32.2. The lowest BCUT2D eigenvalue weighted by molar-refractivity contribution is 0.0942. The molecule has 1 saturated heterocycles. The van der Waals surface area contributed by atoms with Crippen LogP contribution in [0, 0.1) is 5.92 Å². The molecule has 2 aromatic carbocycles. The number of thioether (sulfide) groups is 1. The van der Waals surface area contributed by atoms with Gasteiger partial charge in [0, 0.05) is 23.5 Å². The maximum absolute atomic E-state index is 12.5. The fraction of sp³-hybridized carbons (Fsp3) is 0.360. The minimum atomic E-state index is -0.0824. The van der Waals surface area contributed by atoms with Gasteiger partial charge in [-0.1, -0.05) is 42.5 Å². The molecule has 31 heavy (non-hydrogen) atoms. The summed E-state index contributed by atoms with van der Waals surface area (Å²) >= 11 is 1.71. The lowest BCUT2D eigenvalue weighted by Gasteiger charge is -2.32. The lowest BCUT2D eigenvalue weighted by Crippen LogP contribution is -2.34. The first-order valence-corrected chi connectivity index (χ1v) is 12.2. The number of aromatic nitrogens is 2. The molecular formula is C25H30N4OS. The topological polar surface area (TPSA) is 61.0 Å². The van der Waals surface area contributed by atoms with Gasteiger partial charge in [-0.3, -0.25) is 14.8 Å². The Labute approximate surface area is 188 Å². The Kier molecular flexibility index (Phi) is 7.43. The molecule has 1 aromatic heterocycles. The van der Waals surface area contributed by atoms with Crippen LogP contribution in [0.4, 0.5) is 0 Å². The normalized spacial score (nSPS) is 15.1. The molecule has 6 heteroatoms. The highest BCUT2D eigenvalue weighted by Crippen LogP contribution is 2.23. The zero-order valence-corrected chi connectivity index (χ0v) is 18.8. The predicted molar refractivity (Wildman–Crippen MR) is 127 cm³/mol. The van der Waals surface area contributed by atoms with Crippen molar-refractivity contribution in [2.45, 2.75) is 30.7 Å². The molecule has 0 aliphatic carbocycles. The van der Waals surface area contributed by atoms with E-state index in [0.29, 0.717) is 18.2 Å². The Morgan fingerprint density at radius 3 is 2.58 bits per heavy atom. The summed E-state index contributed by atoms with van der Waals surface area (Å²) < 4.78 is 0. The molecule has 4 rings (SSSR count). The second-order valence-corrected chi connectivity index (χ2v) is 9.02. The molecule has 0 spiro atoms. The highest BCUT2D eigenvalue weighted by Gasteiger charge is 2.19. The van der Waals surface area contributed by atoms with Gasteiger partial charge in [-0.2, -0.15) is 5.10 Å². The van der Waals surface area contributed by atoms with Gasteiger partial charge in [0.2, 0.25) is 0 Å². The Morgan fingerprint density at radius 1 is 1.13 bits per heavy atom. The van der Waals surface area contributed by atoms with E-state index >= 15 is 0 Å². The Morgan fingerprint density at radius 2 is 1.87 bits per heavy atom. The zero-order valence-electron chi connectivity index (χ0n) is 18.0. The molecule has 5 nitrogen and oxygen atoms in total. The van der Waals surface area contributed by atoms with Gasteiger partial charge in [0.05, 0.1) is 5.69 Å². The monoisotopic (exact) mass is 434 g/mol. The van der Waals surface area contributed by atoms with Gasteiger partial charge >= 0.3 is 0 Å². The van der Waals surface area contributed by atoms with Crippen molar-refractivity contribution in [1.82, 2.24) is 20.4 Å². The highest BCUT2D eigenvalue weighted by molar-refractivity contribution is 7.98. The van der Waals surface area contributed by atoms with E-state index in [0.717, 1.165) is 37.3 Å². The van der Waals surface area contributed by atoms with Crippen LogP contribution in [0.5, 0.6) is 0 Å². The van der Waals surface area contributed by atoms with E-state index < -0.39 is 0 Å². The van der Waals surface area contributed by atoms with Crippen LogP contribution in [-0.4, -0.2) is 46.9 Å². The number of H-pyrrole nitrogens is 1. The molecule has 2 heterocycles. The van der Waals surface area contributed by atoms with Crippen molar-refractivity contribution in [2.24, 2.45) is 5.92 Å². The molecule has 3 aromatic rings. The van der Waals surface area contributed by atoms with E-state index in [1.54, 1.807) is 11.8 Å². The number of likely N-dealkylation sites (tertiary alicyclic amines) is 1. The number of nitrogens with one attached hydrogen (secondary N) is 2. The van der Waals surface area contributed by atoms with Gasteiger partial charge in [-0.15, -0.1) is 11.8 Å². The number of aromatic amines is 1. The van der Waals surface area contributed by atoms with Crippen molar-refractivity contribution in [3.8, 4) is 11.3 Å². The van der Waals surface area contributed by atoms with Crippen LogP contribution in [0.25, 0.3) is 11.3 Å². The second kappa shape index (κ2) is 10.6. The van der Waals surface area contributed by atoms with Gasteiger partial charge in [-0.05, 0) is 68.3 Å². The largest absolute Gasteiger partial charge is 0.351 e. The molecule has 0 bridgehead atoms. The number of hydrogen-bond acceptors (Lipinski definition) is 4. The second-order valence-electron chi connectivity index (χ2n) is 8.15. The quantitative estimate of drug-likeness (QED) is 0.499. The first-order chi connectivity index (χ1) is 15.2. The van der Waals surface area contributed by atoms with Crippen molar-refractivity contribution in [3.63, 3.8) is 0 Å². The minimum Gasteiger partial charge on any atom is -0.351 e. The standard InChI is InChI=1S/C25H30N4OS/c1-31-22-9-7-21(8-10-22)23-17-24(28-27-23)25(30)26-14-11-19-12-15-29(16-13-19)18-20-5-3-2-4-6-20/h2-10,17,19H,11-16,18H2,1H3,(H,26,30)(H,27,28). The number of benzene rings is 2. The Hall–Kier alpha value is -2.57. The number of carbonyl (C=O) groups is 1. The summed E-state index contributed by atoms with van der Waals surface area (Å²) in [6.45, 7) is 4.00. The molecule has 1 fully saturated rings. The van der Waals surface area contributed by atoms with Gasteiger partial charge in [0.1, 0.15) is 5.69 Å². The summed E-state index contributed by atoms with van der Waals surface area (Å²) in [4.78, 5) is 16.2. The molecule has 162 valence electrons. The minimum absolute atomic E-state index is 0.0824. The van der Waals surface area contributed by atoms with Crippen LogP contribution >= 0.6 is 11.8 Å². The van der Waals surface area contributed by atoms with Gasteiger partial charge < -0.3 is 5.32 Å². The fourth-order valence-electron chi connectivity index (χ4n) is 4.11. The fourth-order valence-corrected chi connectivity index (χ4v) is 4.52. The van der Waals surface area contributed by atoms with Crippen molar-refractivity contribution >= 4 is 17.7 Å². The average molecular weight is 435 g/mol. The molecular weight excluding hydrogens is 404 g/mol. The first kappa shape index (κ1) is 21.7. The number of amides is 1. The van der Waals surface area contributed by atoms with Gasteiger partial charge in [-0.25, -0.2) is 0 Å². The van der Waals surface area contributed by atoms with Crippen molar-refractivity contribution < 1.29 is 4.79 Å². The van der Waals surface area contributed by atoms with E-state index in [1.807, 2.05) is 18.2 Å². The summed E-state index contributed by atoms with van der Waals surface area (Å²) in [6, 6.07) is 20.7. The average Bonchev–Trinajstić information content (AvgIpc) is 3.31. The number of nitrogens with zero attached hydrogens (tertiary/aromatic N) is 2. The van der Waals surface area contributed by atoms with Crippen molar-refractivity contribution in [3.05, 3.63) is 71.9 Å². The third-order valence-electron chi connectivity index (χ3n) is 6.00. The Bertz CT molecular complexity index is 963. The molecule has 0 saturated carbocycles.